The van der Waals surface area contributed by atoms with Crippen molar-refractivity contribution in [3.8, 4) is 0 Å². The molecule has 3 aromatic rings. The number of pyridine rings is 1. The molecule has 0 aliphatic carbocycles. The smallest absolute Gasteiger partial charge is 0.294 e. The second-order valence-corrected chi connectivity index (χ2v) is 10.9. The number of halogens is 1. The lowest BCUT2D eigenvalue weighted by Crippen LogP contribution is -2.45. The van der Waals surface area contributed by atoms with Crippen LogP contribution < -0.4 is 5.32 Å². The molecule has 0 unspecified atom stereocenters. The van der Waals surface area contributed by atoms with Crippen LogP contribution in [0.15, 0.2) is 47.1 Å². The van der Waals surface area contributed by atoms with Gasteiger partial charge in [0.05, 0.1) is 21.7 Å². The molecule has 1 N–H and O–H groups in total. The number of nitrogens with zero attached hydrogens (tertiary/aromatic N) is 4. The number of fused-ring (bicyclic) bond motifs is 1. The summed E-state index contributed by atoms with van der Waals surface area (Å²) in [7, 11) is 0. The molecule has 2 amide bonds. The fraction of sp³-hybridized carbons (Fsp3) is 0.393. The molecule has 2 saturated heterocycles. The lowest BCUT2D eigenvalue weighted by Gasteiger charge is -2.34. The van der Waals surface area contributed by atoms with Crippen LogP contribution in [0.25, 0.3) is 10.8 Å². The minimum Gasteiger partial charge on any atom is -0.374 e. The van der Waals surface area contributed by atoms with E-state index in [-0.39, 0.29) is 34.8 Å². The van der Waals surface area contributed by atoms with Gasteiger partial charge in [0.25, 0.3) is 17.5 Å². The van der Waals surface area contributed by atoms with Gasteiger partial charge >= 0.3 is 0 Å². The monoisotopic (exact) mass is 579 g/mol. The first-order chi connectivity index (χ1) is 18.3. The van der Waals surface area contributed by atoms with E-state index in [4.69, 9.17) is 0 Å². The van der Waals surface area contributed by atoms with Crippen LogP contribution >= 0.6 is 15.9 Å². The zero-order chi connectivity index (χ0) is 26.8. The predicted octanol–water partition coefficient (Wildman–Crippen LogP) is 5.56. The topological polar surface area (TPSA) is 109 Å². The summed E-state index contributed by atoms with van der Waals surface area (Å²) in [5, 5.41) is 17.1. The molecule has 5 rings (SSSR count). The summed E-state index contributed by atoms with van der Waals surface area (Å²) in [4.78, 5) is 46.8. The Bertz CT molecular complexity index is 1410. The molecule has 198 valence electrons. The third kappa shape index (κ3) is 5.22. The number of carbonyl (C=O) groups excluding carboxylic acids is 2. The number of rotatable bonds is 5. The molecule has 38 heavy (non-hydrogen) atoms. The number of likely N-dealkylation sites (tertiary alicyclic amines) is 2. The number of amides is 2. The Hall–Kier alpha value is -3.53. The number of carbonyl (C=O) groups is 2. The number of aryl methyl sites for hydroxylation is 1. The summed E-state index contributed by atoms with van der Waals surface area (Å²) in [6.07, 6.45) is 6.15. The Morgan fingerprint density at radius 2 is 1.79 bits per heavy atom. The molecule has 0 bridgehead atoms. The Morgan fingerprint density at radius 1 is 1.05 bits per heavy atom. The van der Waals surface area contributed by atoms with Crippen LogP contribution in [0.5, 0.6) is 0 Å². The number of hydrogen-bond donors (Lipinski definition) is 1. The molecule has 0 saturated carbocycles. The normalized spacial score (nSPS) is 17.9. The lowest BCUT2D eigenvalue weighted by molar-refractivity contribution is -0.384. The summed E-state index contributed by atoms with van der Waals surface area (Å²) >= 11 is 3.35. The summed E-state index contributed by atoms with van der Waals surface area (Å²) in [6, 6.07) is 10.5. The molecule has 2 aromatic carbocycles. The van der Waals surface area contributed by atoms with Gasteiger partial charge in [-0.25, -0.2) is 0 Å². The van der Waals surface area contributed by atoms with Crippen molar-refractivity contribution in [3.05, 3.63) is 74.0 Å². The van der Waals surface area contributed by atoms with Crippen molar-refractivity contribution in [3.63, 3.8) is 0 Å². The van der Waals surface area contributed by atoms with Crippen LogP contribution in [-0.2, 0) is 0 Å². The van der Waals surface area contributed by atoms with E-state index < -0.39 is 4.92 Å². The molecule has 0 spiro atoms. The Morgan fingerprint density at radius 3 is 2.55 bits per heavy atom. The fourth-order valence-electron chi connectivity index (χ4n) is 5.50. The van der Waals surface area contributed by atoms with Gasteiger partial charge in [-0.1, -0.05) is 40.2 Å². The summed E-state index contributed by atoms with van der Waals surface area (Å²) in [6.45, 7) is 4.07. The predicted molar refractivity (Wildman–Crippen MR) is 150 cm³/mol. The second-order valence-electron chi connectivity index (χ2n) is 10.00. The number of hydrogen-bond acceptors (Lipinski definition) is 6. The maximum Gasteiger partial charge on any atom is 0.294 e. The number of aromatic nitrogens is 1. The third-order valence-corrected chi connectivity index (χ3v) is 7.87. The van der Waals surface area contributed by atoms with Crippen molar-refractivity contribution in [2.24, 2.45) is 0 Å². The van der Waals surface area contributed by atoms with Crippen LogP contribution in [0.3, 0.4) is 0 Å². The maximum atomic E-state index is 13.7. The van der Waals surface area contributed by atoms with E-state index in [1.54, 1.807) is 22.1 Å². The number of nitro groups is 1. The number of nitrogens with one attached hydrogen (secondary N) is 1. The van der Waals surface area contributed by atoms with Crippen molar-refractivity contribution in [2.75, 3.05) is 31.5 Å². The third-order valence-electron chi connectivity index (χ3n) is 7.41. The van der Waals surface area contributed by atoms with Gasteiger partial charge < -0.3 is 15.1 Å². The minimum atomic E-state index is -0.461. The molecule has 3 heterocycles. The van der Waals surface area contributed by atoms with Gasteiger partial charge in [0.2, 0.25) is 0 Å². The molecule has 1 aromatic heterocycles. The first-order valence-corrected chi connectivity index (χ1v) is 13.8. The first-order valence-electron chi connectivity index (χ1n) is 13.0. The van der Waals surface area contributed by atoms with Gasteiger partial charge in [-0.05, 0) is 50.5 Å². The highest BCUT2D eigenvalue weighted by atomic mass is 79.9. The van der Waals surface area contributed by atoms with Crippen molar-refractivity contribution in [2.45, 2.75) is 45.1 Å². The van der Waals surface area contributed by atoms with E-state index in [9.17, 15) is 19.7 Å². The van der Waals surface area contributed by atoms with E-state index in [0.717, 1.165) is 42.9 Å². The second kappa shape index (κ2) is 11.1. The molecular formula is C28H30BrN5O4. The van der Waals surface area contributed by atoms with Gasteiger partial charge in [0.15, 0.2) is 0 Å². The van der Waals surface area contributed by atoms with Crippen LogP contribution in [0.4, 0.5) is 11.4 Å². The highest BCUT2D eigenvalue weighted by Gasteiger charge is 2.32. The molecule has 2 aliphatic rings. The van der Waals surface area contributed by atoms with Crippen molar-refractivity contribution >= 4 is 49.9 Å². The first kappa shape index (κ1) is 26.1. The van der Waals surface area contributed by atoms with Crippen LogP contribution in [0, 0.1) is 17.0 Å². The quantitative estimate of drug-likeness (QED) is 0.313. The van der Waals surface area contributed by atoms with Gasteiger partial charge in [0, 0.05) is 54.3 Å². The summed E-state index contributed by atoms with van der Waals surface area (Å²) in [5.74, 6) is -0.314. The van der Waals surface area contributed by atoms with Gasteiger partial charge in [-0.2, -0.15) is 0 Å². The Labute approximate surface area is 229 Å². The zero-order valence-electron chi connectivity index (χ0n) is 21.3. The lowest BCUT2D eigenvalue weighted by atomic mass is 9.99. The average Bonchev–Trinajstić information content (AvgIpc) is 2.93. The van der Waals surface area contributed by atoms with E-state index in [0.29, 0.717) is 41.9 Å². The van der Waals surface area contributed by atoms with Crippen molar-refractivity contribution in [1.82, 2.24) is 14.8 Å². The highest BCUT2D eigenvalue weighted by Crippen LogP contribution is 2.35. The number of piperidine rings is 2. The number of anilines is 1. The molecule has 1 atom stereocenters. The highest BCUT2D eigenvalue weighted by molar-refractivity contribution is 9.10. The van der Waals surface area contributed by atoms with E-state index in [1.165, 1.54) is 6.07 Å². The molecule has 2 fully saturated rings. The maximum absolute atomic E-state index is 13.7. The summed E-state index contributed by atoms with van der Waals surface area (Å²) < 4.78 is 0.481. The van der Waals surface area contributed by atoms with Crippen LogP contribution in [0.1, 0.15) is 58.5 Å². The van der Waals surface area contributed by atoms with Gasteiger partial charge in [0.1, 0.15) is 5.69 Å². The molecule has 9 nitrogen and oxygen atoms in total. The van der Waals surface area contributed by atoms with E-state index in [2.05, 4.69) is 26.2 Å². The Balaban J connectivity index is 1.44. The van der Waals surface area contributed by atoms with E-state index in [1.807, 2.05) is 31.2 Å². The zero-order valence-corrected chi connectivity index (χ0v) is 22.9. The summed E-state index contributed by atoms with van der Waals surface area (Å²) in [5.41, 5.74) is 1.60. The van der Waals surface area contributed by atoms with Crippen molar-refractivity contribution in [1.29, 1.82) is 0 Å². The van der Waals surface area contributed by atoms with Crippen molar-refractivity contribution < 1.29 is 14.5 Å². The fourth-order valence-corrected chi connectivity index (χ4v) is 5.94. The van der Waals surface area contributed by atoms with Crippen LogP contribution in [0.2, 0.25) is 0 Å². The number of benzene rings is 2. The molecule has 10 heteroatoms. The van der Waals surface area contributed by atoms with Crippen LogP contribution in [-0.4, -0.2) is 63.7 Å². The SMILES string of the molecule is Cc1ncc2ccccc2c1C(=O)N1CCC[C@@H](Nc2c(C(=O)N3CCCCC3)cc(Br)cc2[N+](=O)[O-])C1. The molecule has 2 aliphatic heterocycles. The number of nitro benzene ring substituents is 1. The minimum absolute atomic E-state index is 0.103. The Kier molecular flexibility index (Phi) is 7.60. The van der Waals surface area contributed by atoms with Gasteiger partial charge in [-0.15, -0.1) is 0 Å². The average molecular weight is 580 g/mol. The molecule has 0 radical (unpaired) electrons. The molecular weight excluding hydrogens is 550 g/mol. The largest absolute Gasteiger partial charge is 0.374 e. The van der Waals surface area contributed by atoms with Gasteiger partial charge in [-0.3, -0.25) is 24.7 Å². The standard InChI is InChI=1S/C28H30BrN5O4/c1-18-25(22-10-4-3-8-19(22)16-30-18)28(36)33-13-7-9-21(17-33)31-26-23(14-20(29)15-24(26)34(37)38)27(35)32-11-5-2-6-12-32/h3-4,8,10,14-16,21,31H,2,5-7,9,11-13,17H2,1H3/t21-/m1/s1. The van der Waals surface area contributed by atoms with E-state index >= 15 is 0 Å².